The summed E-state index contributed by atoms with van der Waals surface area (Å²) in [6, 6.07) is 13.8. The van der Waals surface area contributed by atoms with Crippen LogP contribution in [0.15, 0.2) is 48.5 Å². The van der Waals surface area contributed by atoms with Crippen molar-refractivity contribution in [3.8, 4) is 11.5 Å². The number of benzene rings is 2. The van der Waals surface area contributed by atoms with Crippen molar-refractivity contribution in [1.82, 2.24) is 4.90 Å². The van der Waals surface area contributed by atoms with E-state index in [1.165, 1.54) is 7.11 Å². The predicted octanol–water partition coefficient (Wildman–Crippen LogP) is 3.19. The Morgan fingerprint density at radius 2 is 1.68 bits per heavy atom. The van der Waals surface area contributed by atoms with Gasteiger partial charge < -0.3 is 14.4 Å². The molecule has 0 N–H and O–H groups in total. The second-order valence-electron chi connectivity index (χ2n) is 5.96. The number of ketones is 1. The van der Waals surface area contributed by atoms with Gasteiger partial charge in [0, 0.05) is 17.7 Å². The lowest BCUT2D eigenvalue weighted by Gasteiger charge is -2.24. The largest absolute Gasteiger partial charge is 0.493 e. The van der Waals surface area contributed by atoms with Crippen LogP contribution in [-0.4, -0.2) is 43.4 Å². The van der Waals surface area contributed by atoms with Crippen molar-refractivity contribution in [2.45, 2.75) is 18.9 Å². The normalized spacial score (nSPS) is 16.6. The molecule has 0 bridgehead atoms. The summed E-state index contributed by atoms with van der Waals surface area (Å²) in [7, 11) is 3.08. The van der Waals surface area contributed by atoms with Gasteiger partial charge in [-0.05, 0) is 31.0 Å². The molecule has 2 aromatic carbocycles. The van der Waals surface area contributed by atoms with Gasteiger partial charge in [-0.25, -0.2) is 0 Å². The molecule has 130 valence electrons. The van der Waals surface area contributed by atoms with Gasteiger partial charge in [-0.3, -0.25) is 9.59 Å². The van der Waals surface area contributed by atoms with Gasteiger partial charge in [0.05, 0.1) is 20.3 Å². The summed E-state index contributed by atoms with van der Waals surface area (Å²) in [4.78, 5) is 27.4. The first-order valence-corrected chi connectivity index (χ1v) is 8.28. The zero-order chi connectivity index (χ0) is 17.8. The first-order chi connectivity index (χ1) is 12.2. The number of hydrogen-bond acceptors (Lipinski definition) is 4. The highest BCUT2D eigenvalue weighted by atomic mass is 16.5. The number of rotatable bonds is 5. The zero-order valence-electron chi connectivity index (χ0n) is 14.4. The number of amides is 1. The number of hydrogen-bond donors (Lipinski definition) is 0. The molecule has 1 aliphatic rings. The lowest BCUT2D eigenvalue weighted by molar-refractivity contribution is 0.0671. The van der Waals surface area contributed by atoms with Gasteiger partial charge in [-0.15, -0.1) is 0 Å². The quantitative estimate of drug-likeness (QED) is 0.785. The minimum Gasteiger partial charge on any atom is -0.493 e. The maximum absolute atomic E-state index is 12.9. The Morgan fingerprint density at radius 3 is 2.36 bits per heavy atom. The van der Waals surface area contributed by atoms with Crippen molar-refractivity contribution in [2.24, 2.45) is 0 Å². The molecule has 25 heavy (non-hydrogen) atoms. The Kier molecular flexibility index (Phi) is 5.03. The van der Waals surface area contributed by atoms with Gasteiger partial charge >= 0.3 is 0 Å². The van der Waals surface area contributed by atoms with Gasteiger partial charge in [0.2, 0.25) is 0 Å². The van der Waals surface area contributed by atoms with Crippen LogP contribution in [0.4, 0.5) is 0 Å². The highest BCUT2D eigenvalue weighted by Crippen LogP contribution is 2.30. The molecular formula is C20H21NO4. The molecule has 1 heterocycles. The van der Waals surface area contributed by atoms with Gasteiger partial charge in [0.15, 0.2) is 17.3 Å². The Hall–Kier alpha value is -2.82. The number of methoxy groups -OCH3 is 2. The molecule has 0 radical (unpaired) electrons. The number of ether oxygens (including phenoxy) is 2. The van der Waals surface area contributed by atoms with Gasteiger partial charge in [0.1, 0.15) is 0 Å². The van der Waals surface area contributed by atoms with Crippen molar-refractivity contribution >= 4 is 11.7 Å². The Balaban J connectivity index is 1.85. The van der Waals surface area contributed by atoms with E-state index in [0.717, 1.165) is 6.42 Å². The van der Waals surface area contributed by atoms with Gasteiger partial charge in [-0.1, -0.05) is 30.3 Å². The van der Waals surface area contributed by atoms with Crippen LogP contribution < -0.4 is 9.47 Å². The predicted molar refractivity (Wildman–Crippen MR) is 94.4 cm³/mol. The van der Waals surface area contributed by atoms with Gasteiger partial charge in [0.25, 0.3) is 5.91 Å². The minimum atomic E-state index is -0.414. The van der Waals surface area contributed by atoms with E-state index >= 15 is 0 Å². The second kappa shape index (κ2) is 7.38. The molecule has 1 unspecified atom stereocenters. The molecule has 1 atom stereocenters. The van der Waals surface area contributed by atoms with E-state index in [-0.39, 0.29) is 11.7 Å². The topological polar surface area (TPSA) is 55.8 Å². The third kappa shape index (κ3) is 3.36. The summed E-state index contributed by atoms with van der Waals surface area (Å²) in [6.07, 6.45) is 1.51. The van der Waals surface area contributed by atoms with E-state index in [2.05, 4.69) is 0 Å². The molecule has 0 aromatic heterocycles. The Morgan fingerprint density at radius 1 is 0.960 bits per heavy atom. The average Bonchev–Trinajstić information content (AvgIpc) is 3.16. The van der Waals surface area contributed by atoms with Crippen LogP contribution in [0, 0.1) is 0 Å². The van der Waals surface area contributed by atoms with E-state index in [4.69, 9.17) is 9.47 Å². The fourth-order valence-corrected chi connectivity index (χ4v) is 3.21. The van der Waals surface area contributed by atoms with Crippen LogP contribution in [0.1, 0.15) is 33.6 Å². The molecular weight excluding hydrogens is 318 g/mol. The van der Waals surface area contributed by atoms with Crippen molar-refractivity contribution in [3.63, 3.8) is 0 Å². The van der Waals surface area contributed by atoms with E-state index in [1.807, 2.05) is 18.2 Å². The van der Waals surface area contributed by atoms with Crippen molar-refractivity contribution in [1.29, 1.82) is 0 Å². The smallest absolute Gasteiger partial charge is 0.254 e. The lowest BCUT2D eigenvalue weighted by Crippen LogP contribution is -2.40. The maximum Gasteiger partial charge on any atom is 0.254 e. The highest BCUT2D eigenvalue weighted by Gasteiger charge is 2.35. The molecule has 0 aliphatic carbocycles. The summed E-state index contributed by atoms with van der Waals surface area (Å²) >= 11 is 0. The standard InChI is InChI=1S/C20H21NO4/c1-24-17-11-10-15(13-18(17)25-2)20(23)21-12-6-9-16(21)19(22)14-7-4-3-5-8-14/h3-5,7-8,10-11,13,16H,6,9,12H2,1-2H3. The summed E-state index contributed by atoms with van der Waals surface area (Å²) in [5.41, 5.74) is 1.13. The van der Waals surface area contributed by atoms with Crippen LogP contribution in [0.5, 0.6) is 11.5 Å². The van der Waals surface area contributed by atoms with E-state index < -0.39 is 6.04 Å². The van der Waals surface area contributed by atoms with Gasteiger partial charge in [-0.2, -0.15) is 0 Å². The number of carbonyl (C=O) groups excluding carboxylic acids is 2. The SMILES string of the molecule is COc1ccc(C(=O)N2CCCC2C(=O)c2ccccc2)cc1OC. The summed E-state index contributed by atoms with van der Waals surface area (Å²) in [5.74, 6) is 0.899. The third-order valence-corrected chi connectivity index (χ3v) is 4.51. The molecule has 1 fully saturated rings. The molecule has 0 saturated carbocycles. The van der Waals surface area contributed by atoms with Crippen LogP contribution in [0.25, 0.3) is 0 Å². The van der Waals surface area contributed by atoms with E-state index in [9.17, 15) is 9.59 Å². The summed E-state index contributed by atoms with van der Waals surface area (Å²) in [6.45, 7) is 0.580. The van der Waals surface area contributed by atoms with Crippen molar-refractivity contribution in [2.75, 3.05) is 20.8 Å². The fourth-order valence-electron chi connectivity index (χ4n) is 3.21. The minimum absolute atomic E-state index is 0.00748. The number of nitrogens with zero attached hydrogens (tertiary/aromatic N) is 1. The third-order valence-electron chi connectivity index (χ3n) is 4.51. The van der Waals surface area contributed by atoms with Crippen molar-refractivity contribution in [3.05, 3.63) is 59.7 Å². The van der Waals surface area contributed by atoms with Crippen LogP contribution >= 0.6 is 0 Å². The molecule has 1 amide bonds. The number of carbonyl (C=O) groups is 2. The van der Waals surface area contributed by atoms with Crippen LogP contribution in [0.3, 0.4) is 0 Å². The zero-order valence-corrected chi connectivity index (χ0v) is 14.4. The molecule has 0 spiro atoms. The van der Waals surface area contributed by atoms with Crippen LogP contribution in [-0.2, 0) is 0 Å². The summed E-state index contributed by atoms with van der Waals surface area (Å²) < 4.78 is 10.5. The second-order valence-corrected chi connectivity index (χ2v) is 5.96. The molecule has 5 heteroatoms. The summed E-state index contributed by atoms with van der Waals surface area (Å²) in [5, 5.41) is 0. The highest BCUT2D eigenvalue weighted by molar-refractivity contribution is 6.04. The van der Waals surface area contributed by atoms with E-state index in [0.29, 0.717) is 35.6 Å². The maximum atomic E-state index is 12.9. The molecule has 3 rings (SSSR count). The monoisotopic (exact) mass is 339 g/mol. The number of Topliss-reactive ketones (excluding diaryl/α,β-unsaturated/α-hetero) is 1. The van der Waals surface area contributed by atoms with Crippen LogP contribution in [0.2, 0.25) is 0 Å². The molecule has 1 aliphatic heterocycles. The Bertz CT molecular complexity index is 773. The lowest BCUT2D eigenvalue weighted by atomic mass is 10.0. The number of likely N-dealkylation sites (tertiary alicyclic amines) is 1. The average molecular weight is 339 g/mol. The molecule has 1 saturated heterocycles. The Labute approximate surface area is 147 Å². The van der Waals surface area contributed by atoms with Crippen molar-refractivity contribution < 1.29 is 19.1 Å². The first kappa shape index (κ1) is 17.0. The first-order valence-electron chi connectivity index (χ1n) is 8.28. The molecule has 5 nitrogen and oxygen atoms in total. The fraction of sp³-hybridized carbons (Fsp3) is 0.300. The molecule has 2 aromatic rings. The van der Waals surface area contributed by atoms with E-state index in [1.54, 1.807) is 42.3 Å².